The summed E-state index contributed by atoms with van der Waals surface area (Å²) in [4.78, 5) is 0. The molecule has 1 aliphatic carbocycles. The van der Waals surface area contributed by atoms with Gasteiger partial charge in [0, 0.05) is 13.1 Å². The monoisotopic (exact) mass is 261 g/mol. The summed E-state index contributed by atoms with van der Waals surface area (Å²) in [7, 11) is 0. The predicted molar refractivity (Wildman–Crippen MR) is 80.1 cm³/mol. The van der Waals surface area contributed by atoms with Gasteiger partial charge in [0.25, 0.3) is 0 Å². The highest BCUT2D eigenvalue weighted by molar-refractivity contribution is 5.14. The zero-order valence-electron chi connectivity index (χ0n) is 12.3. The molecule has 1 aromatic carbocycles. The summed E-state index contributed by atoms with van der Waals surface area (Å²) in [5, 5.41) is 3.43. The Balaban J connectivity index is 1.53. The Morgan fingerprint density at radius 1 is 1.16 bits per heavy atom. The quantitative estimate of drug-likeness (QED) is 0.787. The van der Waals surface area contributed by atoms with Crippen LogP contribution in [0, 0.1) is 5.41 Å². The molecule has 106 valence electrons. The zero-order valence-corrected chi connectivity index (χ0v) is 12.3. The van der Waals surface area contributed by atoms with Gasteiger partial charge >= 0.3 is 0 Å². The molecule has 19 heavy (non-hydrogen) atoms. The third-order valence-electron chi connectivity index (χ3n) is 4.09. The molecular weight excluding hydrogens is 234 g/mol. The van der Waals surface area contributed by atoms with Gasteiger partial charge in [0.15, 0.2) is 0 Å². The highest BCUT2D eigenvalue weighted by atomic mass is 16.5. The SMILES string of the molecule is CC1(C)CCC(OCCNCc2ccccc2)CC1. The van der Waals surface area contributed by atoms with Gasteiger partial charge in [0.05, 0.1) is 12.7 Å². The van der Waals surface area contributed by atoms with Gasteiger partial charge in [-0.1, -0.05) is 44.2 Å². The fraction of sp³-hybridized carbons (Fsp3) is 0.647. The van der Waals surface area contributed by atoms with Gasteiger partial charge in [0.2, 0.25) is 0 Å². The van der Waals surface area contributed by atoms with E-state index in [-0.39, 0.29) is 0 Å². The van der Waals surface area contributed by atoms with Gasteiger partial charge in [-0.25, -0.2) is 0 Å². The van der Waals surface area contributed by atoms with Crippen LogP contribution in [-0.2, 0) is 11.3 Å². The second-order valence-electron chi connectivity index (χ2n) is 6.40. The molecule has 0 atom stereocenters. The van der Waals surface area contributed by atoms with Crippen LogP contribution in [0.15, 0.2) is 30.3 Å². The number of benzene rings is 1. The topological polar surface area (TPSA) is 21.3 Å². The number of hydrogen-bond acceptors (Lipinski definition) is 2. The van der Waals surface area contributed by atoms with Crippen molar-refractivity contribution in [1.29, 1.82) is 0 Å². The minimum absolute atomic E-state index is 0.492. The van der Waals surface area contributed by atoms with Crippen molar-refractivity contribution >= 4 is 0 Å². The Bertz CT molecular complexity index is 351. The van der Waals surface area contributed by atoms with Crippen LogP contribution in [0.2, 0.25) is 0 Å². The van der Waals surface area contributed by atoms with E-state index < -0.39 is 0 Å². The zero-order chi connectivity index (χ0) is 13.6. The summed E-state index contributed by atoms with van der Waals surface area (Å²) in [6.45, 7) is 7.43. The molecule has 0 aliphatic heterocycles. The third-order valence-corrected chi connectivity index (χ3v) is 4.09. The van der Waals surface area contributed by atoms with Crippen molar-refractivity contribution in [3.05, 3.63) is 35.9 Å². The molecule has 1 fully saturated rings. The van der Waals surface area contributed by atoms with Gasteiger partial charge in [-0.2, -0.15) is 0 Å². The van der Waals surface area contributed by atoms with E-state index in [0.29, 0.717) is 11.5 Å². The van der Waals surface area contributed by atoms with Crippen molar-refractivity contribution in [3.8, 4) is 0 Å². The first-order valence-corrected chi connectivity index (χ1v) is 7.52. The molecule has 0 saturated heterocycles. The van der Waals surface area contributed by atoms with E-state index in [9.17, 15) is 0 Å². The molecule has 0 heterocycles. The second kappa shape index (κ2) is 7.06. The molecule has 2 rings (SSSR count). The van der Waals surface area contributed by atoms with E-state index in [1.807, 2.05) is 0 Å². The number of rotatable bonds is 6. The van der Waals surface area contributed by atoms with Crippen molar-refractivity contribution in [2.75, 3.05) is 13.2 Å². The summed E-state index contributed by atoms with van der Waals surface area (Å²) >= 11 is 0. The van der Waals surface area contributed by atoms with Gasteiger partial charge in [-0.3, -0.25) is 0 Å². The van der Waals surface area contributed by atoms with Crippen molar-refractivity contribution in [2.45, 2.75) is 52.2 Å². The molecule has 0 amide bonds. The molecule has 1 aromatic rings. The van der Waals surface area contributed by atoms with Crippen LogP contribution >= 0.6 is 0 Å². The third kappa shape index (κ3) is 5.33. The molecule has 0 aromatic heterocycles. The maximum absolute atomic E-state index is 5.95. The standard InChI is InChI=1S/C17H27NO/c1-17(2)10-8-16(9-11-17)19-13-12-18-14-15-6-4-3-5-7-15/h3-7,16,18H,8-14H2,1-2H3. The van der Waals surface area contributed by atoms with Crippen LogP contribution in [0.1, 0.15) is 45.1 Å². The maximum atomic E-state index is 5.95. The number of nitrogens with one attached hydrogen (secondary N) is 1. The largest absolute Gasteiger partial charge is 0.377 e. The van der Waals surface area contributed by atoms with Crippen molar-refractivity contribution < 1.29 is 4.74 Å². The molecule has 0 bridgehead atoms. The minimum atomic E-state index is 0.492. The summed E-state index contributed by atoms with van der Waals surface area (Å²) in [6.07, 6.45) is 5.55. The molecule has 0 radical (unpaired) electrons. The second-order valence-corrected chi connectivity index (χ2v) is 6.40. The van der Waals surface area contributed by atoms with Crippen molar-refractivity contribution in [1.82, 2.24) is 5.32 Å². The van der Waals surface area contributed by atoms with Crippen LogP contribution < -0.4 is 5.32 Å². The van der Waals surface area contributed by atoms with Crippen molar-refractivity contribution in [3.63, 3.8) is 0 Å². The molecule has 0 spiro atoms. The molecule has 1 N–H and O–H groups in total. The molecule has 1 saturated carbocycles. The first-order chi connectivity index (χ1) is 9.16. The van der Waals surface area contributed by atoms with E-state index in [2.05, 4.69) is 49.5 Å². The van der Waals surface area contributed by atoms with Crippen LogP contribution in [0.5, 0.6) is 0 Å². The Kier molecular flexibility index (Phi) is 5.41. The lowest BCUT2D eigenvalue weighted by Crippen LogP contribution is -2.29. The normalized spacial score (nSPS) is 19.5. The first kappa shape index (κ1) is 14.5. The fourth-order valence-corrected chi connectivity index (χ4v) is 2.67. The Morgan fingerprint density at radius 2 is 1.84 bits per heavy atom. The summed E-state index contributed by atoms with van der Waals surface area (Å²) in [5.74, 6) is 0. The average molecular weight is 261 g/mol. The molecular formula is C17H27NO. The smallest absolute Gasteiger partial charge is 0.0594 e. The van der Waals surface area contributed by atoms with Gasteiger partial charge in [0.1, 0.15) is 0 Å². The van der Waals surface area contributed by atoms with Gasteiger partial charge < -0.3 is 10.1 Å². The molecule has 0 unspecified atom stereocenters. The highest BCUT2D eigenvalue weighted by Crippen LogP contribution is 2.35. The van der Waals surface area contributed by atoms with E-state index >= 15 is 0 Å². The Labute approximate surface area is 117 Å². The summed E-state index contributed by atoms with van der Waals surface area (Å²) < 4.78 is 5.95. The molecule has 2 heteroatoms. The first-order valence-electron chi connectivity index (χ1n) is 7.52. The van der Waals surface area contributed by atoms with Crippen LogP contribution in [0.4, 0.5) is 0 Å². The number of hydrogen-bond donors (Lipinski definition) is 1. The lowest BCUT2D eigenvalue weighted by Gasteiger charge is -2.34. The van der Waals surface area contributed by atoms with Crippen LogP contribution in [0.25, 0.3) is 0 Å². The molecule has 2 nitrogen and oxygen atoms in total. The van der Waals surface area contributed by atoms with Crippen LogP contribution in [0.3, 0.4) is 0 Å². The number of ether oxygens (including phenoxy) is 1. The fourth-order valence-electron chi connectivity index (χ4n) is 2.67. The maximum Gasteiger partial charge on any atom is 0.0594 e. The lowest BCUT2D eigenvalue weighted by molar-refractivity contribution is 0.00594. The average Bonchev–Trinajstić information content (AvgIpc) is 2.41. The van der Waals surface area contributed by atoms with Crippen molar-refractivity contribution in [2.24, 2.45) is 5.41 Å². The minimum Gasteiger partial charge on any atom is -0.377 e. The van der Waals surface area contributed by atoms with E-state index in [4.69, 9.17) is 4.74 Å². The lowest BCUT2D eigenvalue weighted by atomic mass is 9.76. The van der Waals surface area contributed by atoms with E-state index in [0.717, 1.165) is 19.7 Å². The molecule has 1 aliphatic rings. The van der Waals surface area contributed by atoms with E-state index in [1.165, 1.54) is 31.2 Å². The van der Waals surface area contributed by atoms with Gasteiger partial charge in [-0.15, -0.1) is 0 Å². The summed E-state index contributed by atoms with van der Waals surface area (Å²) in [6, 6.07) is 10.5. The predicted octanol–water partition coefficient (Wildman–Crippen LogP) is 3.76. The highest BCUT2D eigenvalue weighted by Gasteiger charge is 2.26. The Morgan fingerprint density at radius 3 is 2.53 bits per heavy atom. The van der Waals surface area contributed by atoms with Gasteiger partial charge in [-0.05, 0) is 36.7 Å². The van der Waals surface area contributed by atoms with Crippen LogP contribution in [-0.4, -0.2) is 19.3 Å². The van der Waals surface area contributed by atoms with E-state index in [1.54, 1.807) is 0 Å². The summed E-state index contributed by atoms with van der Waals surface area (Å²) in [5.41, 5.74) is 1.87. The Hall–Kier alpha value is -0.860.